The van der Waals surface area contributed by atoms with Crippen molar-refractivity contribution in [1.82, 2.24) is 10.2 Å². The molecule has 2 N–H and O–H groups in total. The van der Waals surface area contributed by atoms with Crippen LogP contribution in [0.25, 0.3) is 10.8 Å². The van der Waals surface area contributed by atoms with Gasteiger partial charge in [-0.1, -0.05) is 49.2 Å². The number of carbonyl (C=O) groups excluding carboxylic acids is 3. The molecule has 1 heterocycles. The Balaban J connectivity index is 1.56. The molecule has 1 unspecified atom stereocenters. The Kier molecular flexibility index (Phi) is 3.90. The molecule has 2 fully saturated rings. The zero-order valence-corrected chi connectivity index (χ0v) is 14.6. The molecule has 134 valence electrons. The van der Waals surface area contributed by atoms with Crippen molar-refractivity contribution in [1.29, 1.82) is 0 Å². The van der Waals surface area contributed by atoms with Gasteiger partial charge in [0.15, 0.2) is 0 Å². The highest BCUT2D eigenvalue weighted by Crippen LogP contribution is 2.36. The lowest BCUT2D eigenvalue weighted by molar-refractivity contribution is -0.136. The van der Waals surface area contributed by atoms with Gasteiger partial charge in [-0.05, 0) is 31.2 Å². The van der Waals surface area contributed by atoms with E-state index in [1.54, 1.807) is 6.92 Å². The molecular weight excluding hydrogens is 330 g/mol. The molecule has 1 aliphatic heterocycles. The van der Waals surface area contributed by atoms with Gasteiger partial charge in [-0.25, -0.2) is 9.69 Å². The number of benzene rings is 2. The fraction of sp³-hybridized carbons (Fsp3) is 0.350. The van der Waals surface area contributed by atoms with Gasteiger partial charge in [0.05, 0.1) is 0 Å². The molecule has 1 spiro atoms. The maximum absolute atomic E-state index is 12.8. The Labute approximate surface area is 151 Å². The van der Waals surface area contributed by atoms with Crippen LogP contribution in [0.5, 0.6) is 0 Å². The fourth-order valence-electron chi connectivity index (χ4n) is 4.00. The number of hydrogen-bond donors (Lipinski definition) is 2. The number of carbonyl (C=O) groups is 3. The average molecular weight is 351 g/mol. The minimum atomic E-state index is -0.874. The Bertz CT molecular complexity index is 897. The maximum atomic E-state index is 12.8. The molecule has 6 nitrogen and oxygen atoms in total. The summed E-state index contributed by atoms with van der Waals surface area (Å²) >= 11 is 0. The molecule has 2 aromatic carbocycles. The fourth-order valence-corrected chi connectivity index (χ4v) is 4.00. The van der Waals surface area contributed by atoms with E-state index in [0.29, 0.717) is 18.5 Å². The van der Waals surface area contributed by atoms with E-state index in [9.17, 15) is 14.4 Å². The first kappa shape index (κ1) is 16.6. The van der Waals surface area contributed by atoms with E-state index in [-0.39, 0.29) is 11.8 Å². The van der Waals surface area contributed by atoms with Crippen molar-refractivity contribution in [2.45, 2.75) is 44.2 Å². The number of nitrogens with one attached hydrogen (secondary N) is 2. The minimum Gasteiger partial charge on any atom is -0.324 e. The zero-order chi connectivity index (χ0) is 18.3. The third-order valence-corrected chi connectivity index (χ3v) is 5.46. The van der Waals surface area contributed by atoms with Gasteiger partial charge in [0.25, 0.3) is 5.91 Å². The second-order valence-corrected chi connectivity index (χ2v) is 7.09. The number of amides is 4. The second-order valence-electron chi connectivity index (χ2n) is 7.09. The summed E-state index contributed by atoms with van der Waals surface area (Å²) in [5.41, 5.74) is -0.131. The first-order chi connectivity index (χ1) is 12.5. The van der Waals surface area contributed by atoms with E-state index in [2.05, 4.69) is 10.6 Å². The Morgan fingerprint density at radius 3 is 2.58 bits per heavy atom. The van der Waals surface area contributed by atoms with E-state index >= 15 is 0 Å². The molecule has 1 saturated heterocycles. The van der Waals surface area contributed by atoms with E-state index in [0.717, 1.165) is 28.5 Å². The van der Waals surface area contributed by atoms with Crippen molar-refractivity contribution >= 4 is 34.3 Å². The highest BCUT2D eigenvalue weighted by Gasteiger charge is 2.54. The number of hydrogen-bond acceptors (Lipinski definition) is 3. The lowest BCUT2D eigenvalue weighted by Gasteiger charge is -2.23. The molecule has 26 heavy (non-hydrogen) atoms. The molecule has 0 radical (unpaired) electrons. The molecule has 4 rings (SSSR count). The van der Waals surface area contributed by atoms with Gasteiger partial charge in [-0.2, -0.15) is 0 Å². The number of urea groups is 1. The Morgan fingerprint density at radius 2 is 1.81 bits per heavy atom. The van der Waals surface area contributed by atoms with E-state index < -0.39 is 17.6 Å². The van der Waals surface area contributed by atoms with Crippen LogP contribution >= 0.6 is 0 Å². The van der Waals surface area contributed by atoms with Crippen molar-refractivity contribution in [3.63, 3.8) is 0 Å². The van der Waals surface area contributed by atoms with Crippen LogP contribution in [0.2, 0.25) is 0 Å². The van der Waals surface area contributed by atoms with Crippen molar-refractivity contribution in [3.8, 4) is 0 Å². The van der Waals surface area contributed by atoms with Crippen LogP contribution in [0.3, 0.4) is 0 Å². The molecule has 1 atom stereocenters. The Morgan fingerprint density at radius 1 is 1.12 bits per heavy atom. The quantitative estimate of drug-likeness (QED) is 0.834. The van der Waals surface area contributed by atoms with Crippen LogP contribution in [0, 0.1) is 0 Å². The normalized spacial score (nSPS) is 19.8. The maximum Gasteiger partial charge on any atom is 0.325 e. The molecule has 0 bridgehead atoms. The number of nitrogens with zero attached hydrogens (tertiary/aromatic N) is 1. The first-order valence-corrected chi connectivity index (χ1v) is 8.96. The molecule has 6 heteroatoms. The summed E-state index contributed by atoms with van der Waals surface area (Å²) in [5, 5.41) is 7.61. The van der Waals surface area contributed by atoms with Crippen molar-refractivity contribution in [2.75, 3.05) is 5.32 Å². The molecule has 2 aliphatic rings. The van der Waals surface area contributed by atoms with Crippen LogP contribution in [-0.4, -0.2) is 34.3 Å². The molecule has 2 aromatic rings. The summed E-state index contributed by atoms with van der Waals surface area (Å²) in [6, 6.07) is 12.0. The smallest absolute Gasteiger partial charge is 0.324 e. The van der Waals surface area contributed by atoms with Gasteiger partial charge in [-0.15, -0.1) is 0 Å². The highest BCUT2D eigenvalue weighted by atomic mass is 16.2. The number of fused-ring (bicyclic) bond motifs is 1. The average Bonchev–Trinajstić information content (AvgIpc) is 3.20. The topological polar surface area (TPSA) is 78.5 Å². The van der Waals surface area contributed by atoms with E-state index in [1.165, 1.54) is 0 Å². The third-order valence-electron chi connectivity index (χ3n) is 5.46. The monoisotopic (exact) mass is 351 g/mol. The highest BCUT2D eigenvalue weighted by molar-refractivity contribution is 6.12. The Hall–Kier alpha value is -2.89. The molecule has 0 aromatic heterocycles. The molecular formula is C20H21N3O3. The van der Waals surface area contributed by atoms with Gasteiger partial charge in [0.1, 0.15) is 11.6 Å². The molecule has 1 aliphatic carbocycles. The van der Waals surface area contributed by atoms with Crippen LogP contribution in [-0.2, 0) is 9.59 Å². The van der Waals surface area contributed by atoms with Crippen molar-refractivity contribution in [2.24, 2.45) is 0 Å². The molecule has 1 saturated carbocycles. The summed E-state index contributed by atoms with van der Waals surface area (Å²) in [7, 11) is 0. The van der Waals surface area contributed by atoms with Crippen LogP contribution in [0.1, 0.15) is 32.6 Å². The zero-order valence-electron chi connectivity index (χ0n) is 14.6. The van der Waals surface area contributed by atoms with Crippen molar-refractivity contribution < 1.29 is 14.4 Å². The van der Waals surface area contributed by atoms with Gasteiger partial charge in [-0.3, -0.25) is 9.59 Å². The van der Waals surface area contributed by atoms with Crippen LogP contribution in [0.15, 0.2) is 42.5 Å². The van der Waals surface area contributed by atoms with Gasteiger partial charge in [0, 0.05) is 11.1 Å². The SMILES string of the molecule is CC(C(=O)Nc1cccc2ccccc12)N1C(=O)NC2(CCCC2)C1=O. The largest absolute Gasteiger partial charge is 0.325 e. The second kappa shape index (κ2) is 6.12. The van der Waals surface area contributed by atoms with E-state index in [1.807, 2.05) is 42.5 Å². The minimum absolute atomic E-state index is 0.277. The van der Waals surface area contributed by atoms with Crippen LogP contribution < -0.4 is 10.6 Å². The summed E-state index contributed by atoms with van der Waals surface area (Å²) in [6.07, 6.45) is 3.12. The first-order valence-electron chi connectivity index (χ1n) is 8.96. The third kappa shape index (κ3) is 2.53. The number of anilines is 1. The summed E-state index contributed by atoms with van der Waals surface area (Å²) in [6.45, 7) is 1.59. The molecule has 4 amide bonds. The van der Waals surface area contributed by atoms with Gasteiger partial charge >= 0.3 is 6.03 Å². The van der Waals surface area contributed by atoms with Crippen LogP contribution in [0.4, 0.5) is 10.5 Å². The lowest BCUT2D eigenvalue weighted by Crippen LogP contribution is -2.48. The van der Waals surface area contributed by atoms with Gasteiger partial charge in [0.2, 0.25) is 5.91 Å². The summed E-state index contributed by atoms with van der Waals surface area (Å²) in [4.78, 5) is 39.0. The summed E-state index contributed by atoms with van der Waals surface area (Å²) < 4.78 is 0. The summed E-state index contributed by atoms with van der Waals surface area (Å²) in [5.74, 6) is -0.652. The standard InChI is InChI=1S/C20H21N3O3/c1-13(23-18(25)20(22-19(23)26)11-4-5-12-20)17(24)21-16-10-6-8-14-7-2-3-9-15(14)16/h2-3,6-10,13H,4-5,11-12H2,1H3,(H,21,24)(H,22,26). The predicted octanol–water partition coefficient (Wildman–Crippen LogP) is 3.03. The lowest BCUT2D eigenvalue weighted by atomic mass is 9.97. The predicted molar refractivity (Wildman–Crippen MR) is 98.6 cm³/mol. The number of rotatable bonds is 3. The van der Waals surface area contributed by atoms with E-state index in [4.69, 9.17) is 0 Å². The van der Waals surface area contributed by atoms with Gasteiger partial charge < -0.3 is 10.6 Å². The van der Waals surface area contributed by atoms with Crippen molar-refractivity contribution in [3.05, 3.63) is 42.5 Å². The number of imide groups is 1.